The Kier molecular flexibility index (Phi) is 6.87. The van der Waals surface area contributed by atoms with Crippen LogP contribution in [0.25, 0.3) is 0 Å². The van der Waals surface area contributed by atoms with Gasteiger partial charge in [0.15, 0.2) is 11.5 Å². The van der Waals surface area contributed by atoms with Gasteiger partial charge in [0.25, 0.3) is 0 Å². The average Bonchev–Trinajstić information content (AvgIpc) is 2.71. The fourth-order valence-corrected chi connectivity index (χ4v) is 4.52. The lowest BCUT2D eigenvalue weighted by Crippen LogP contribution is -2.50. The summed E-state index contributed by atoms with van der Waals surface area (Å²) in [7, 11) is 4.45. The van der Waals surface area contributed by atoms with Crippen molar-refractivity contribution in [2.45, 2.75) is 26.3 Å². The Bertz CT molecular complexity index is 828. The van der Waals surface area contributed by atoms with E-state index in [1.807, 2.05) is 6.07 Å². The first-order valence-electron chi connectivity index (χ1n) is 10.2. The zero-order chi connectivity index (χ0) is 21.8. The van der Waals surface area contributed by atoms with E-state index in [-0.39, 0.29) is 6.03 Å². The predicted molar refractivity (Wildman–Crippen MR) is 112 cm³/mol. The molecule has 0 radical (unpaired) electrons. The minimum atomic E-state index is -0.652. The topological polar surface area (TPSA) is 89.1 Å². The molecule has 0 aromatic heterocycles. The van der Waals surface area contributed by atoms with E-state index in [4.69, 9.17) is 14.2 Å². The molecule has 2 N–H and O–H groups in total. The molecule has 3 atom stereocenters. The van der Waals surface area contributed by atoms with Gasteiger partial charge in [0.05, 0.1) is 32.9 Å². The number of rotatable bonds is 6. The average molecular weight is 418 g/mol. The number of ether oxygens (including phenoxy) is 3. The maximum Gasteiger partial charge on any atom is 0.338 e. The highest BCUT2D eigenvalue weighted by atomic mass is 16.5. The van der Waals surface area contributed by atoms with Crippen LogP contribution in [-0.2, 0) is 9.53 Å². The van der Waals surface area contributed by atoms with Crippen molar-refractivity contribution in [3.05, 3.63) is 35.0 Å². The van der Waals surface area contributed by atoms with Gasteiger partial charge in [-0.1, -0.05) is 19.9 Å². The van der Waals surface area contributed by atoms with Crippen LogP contribution in [0.4, 0.5) is 4.79 Å². The molecule has 3 rings (SSSR count). The number of likely N-dealkylation sites (tertiary alicyclic amines) is 1. The second-order valence-electron chi connectivity index (χ2n) is 8.17. The van der Waals surface area contributed by atoms with E-state index >= 15 is 0 Å². The van der Waals surface area contributed by atoms with Crippen molar-refractivity contribution >= 4 is 12.0 Å². The monoisotopic (exact) mass is 417 g/mol. The summed E-state index contributed by atoms with van der Waals surface area (Å²) >= 11 is 0. The molecule has 1 aromatic rings. The molecule has 1 aromatic carbocycles. The van der Waals surface area contributed by atoms with Crippen LogP contribution in [-0.4, -0.2) is 57.9 Å². The van der Waals surface area contributed by atoms with Gasteiger partial charge in [-0.05, 0) is 36.0 Å². The van der Waals surface area contributed by atoms with E-state index in [1.165, 1.54) is 13.5 Å². The number of carbonyl (C=O) groups is 2. The molecule has 8 heteroatoms. The molecule has 3 unspecified atom stereocenters. The molecule has 2 heterocycles. The normalized spacial score (nSPS) is 24.7. The maximum atomic E-state index is 12.8. The first-order chi connectivity index (χ1) is 14.4. The minimum absolute atomic E-state index is 0.351. The standard InChI is InChI=1S/C22H31N3O5/c1-13-8-14(2)11-25(10-13)12-16-19(21(26)30-5)20(24-22(27)23-16)15-6-7-17(28-3)18(9-15)29-4/h6-7,9,13-14,20H,8,10-12H2,1-5H3,(H2,23,24,27). The molecular formula is C22H31N3O5. The van der Waals surface area contributed by atoms with Crippen molar-refractivity contribution in [2.75, 3.05) is 41.0 Å². The van der Waals surface area contributed by atoms with Gasteiger partial charge in [-0.15, -0.1) is 0 Å². The van der Waals surface area contributed by atoms with E-state index in [0.717, 1.165) is 13.1 Å². The highest BCUT2D eigenvalue weighted by Gasteiger charge is 2.35. The van der Waals surface area contributed by atoms with Crippen molar-refractivity contribution in [2.24, 2.45) is 11.8 Å². The highest BCUT2D eigenvalue weighted by Crippen LogP contribution is 2.35. The fraction of sp³-hybridized carbons (Fsp3) is 0.545. The summed E-state index contributed by atoms with van der Waals surface area (Å²) in [5.41, 5.74) is 1.68. The van der Waals surface area contributed by atoms with Gasteiger partial charge in [0.2, 0.25) is 0 Å². The fourth-order valence-electron chi connectivity index (χ4n) is 4.52. The van der Waals surface area contributed by atoms with Crippen molar-refractivity contribution in [1.82, 2.24) is 15.5 Å². The van der Waals surface area contributed by atoms with E-state index < -0.39 is 12.0 Å². The largest absolute Gasteiger partial charge is 0.493 e. The number of hydrogen-bond donors (Lipinski definition) is 2. The van der Waals surface area contributed by atoms with Crippen LogP contribution >= 0.6 is 0 Å². The Balaban J connectivity index is 2.00. The molecule has 1 fully saturated rings. The number of amides is 2. The molecule has 0 saturated carbocycles. The molecule has 8 nitrogen and oxygen atoms in total. The summed E-state index contributed by atoms with van der Waals surface area (Å²) in [5.74, 6) is 1.74. The van der Waals surface area contributed by atoms with Crippen LogP contribution in [0.2, 0.25) is 0 Å². The minimum Gasteiger partial charge on any atom is -0.493 e. The van der Waals surface area contributed by atoms with E-state index in [2.05, 4.69) is 29.4 Å². The second kappa shape index (κ2) is 9.38. The third kappa shape index (κ3) is 4.70. The van der Waals surface area contributed by atoms with Gasteiger partial charge < -0.3 is 24.8 Å². The molecule has 2 aliphatic rings. The first-order valence-corrected chi connectivity index (χ1v) is 10.2. The van der Waals surface area contributed by atoms with Crippen LogP contribution in [0, 0.1) is 11.8 Å². The second-order valence-corrected chi connectivity index (χ2v) is 8.17. The maximum absolute atomic E-state index is 12.8. The Labute approximate surface area is 177 Å². The zero-order valence-electron chi connectivity index (χ0n) is 18.3. The molecule has 30 heavy (non-hydrogen) atoms. The Morgan fingerprint density at radius 2 is 1.77 bits per heavy atom. The molecule has 2 amide bonds. The van der Waals surface area contributed by atoms with Gasteiger partial charge >= 0.3 is 12.0 Å². The Morgan fingerprint density at radius 1 is 1.10 bits per heavy atom. The summed E-state index contributed by atoms with van der Waals surface area (Å²) < 4.78 is 15.8. The van der Waals surface area contributed by atoms with Crippen LogP contribution in [0.1, 0.15) is 31.9 Å². The summed E-state index contributed by atoms with van der Waals surface area (Å²) in [6, 6.07) is 4.32. The SMILES string of the molecule is COC(=O)C1=C(CN2CC(C)CC(C)C2)NC(=O)NC1c1ccc(OC)c(OC)c1. The summed E-state index contributed by atoms with van der Waals surface area (Å²) in [6.07, 6.45) is 1.18. The number of nitrogens with one attached hydrogen (secondary N) is 2. The van der Waals surface area contributed by atoms with Crippen LogP contribution < -0.4 is 20.1 Å². The van der Waals surface area contributed by atoms with Crippen molar-refractivity contribution in [1.29, 1.82) is 0 Å². The number of piperidine rings is 1. The number of esters is 1. The van der Waals surface area contributed by atoms with E-state index in [9.17, 15) is 9.59 Å². The molecular weight excluding hydrogens is 386 g/mol. The molecule has 0 aliphatic carbocycles. The summed E-state index contributed by atoms with van der Waals surface area (Å²) in [4.78, 5) is 27.5. The lowest BCUT2D eigenvalue weighted by molar-refractivity contribution is -0.136. The zero-order valence-corrected chi connectivity index (χ0v) is 18.3. The smallest absolute Gasteiger partial charge is 0.338 e. The van der Waals surface area contributed by atoms with Crippen molar-refractivity contribution in [3.8, 4) is 11.5 Å². The van der Waals surface area contributed by atoms with Crippen molar-refractivity contribution in [3.63, 3.8) is 0 Å². The van der Waals surface area contributed by atoms with E-state index in [0.29, 0.717) is 46.7 Å². The molecule has 1 saturated heterocycles. The van der Waals surface area contributed by atoms with E-state index in [1.54, 1.807) is 26.4 Å². The number of carbonyl (C=O) groups excluding carboxylic acids is 2. The third-order valence-corrected chi connectivity index (χ3v) is 5.63. The first kappa shape index (κ1) is 22.0. The quantitative estimate of drug-likeness (QED) is 0.692. The van der Waals surface area contributed by atoms with Gasteiger partial charge in [-0.25, -0.2) is 9.59 Å². The number of nitrogens with zero attached hydrogens (tertiary/aromatic N) is 1. The van der Waals surface area contributed by atoms with Gasteiger partial charge in [0.1, 0.15) is 0 Å². The van der Waals surface area contributed by atoms with Crippen molar-refractivity contribution < 1.29 is 23.8 Å². The van der Waals surface area contributed by atoms with Crippen LogP contribution in [0.15, 0.2) is 29.5 Å². The number of benzene rings is 1. The van der Waals surface area contributed by atoms with Gasteiger partial charge in [-0.3, -0.25) is 4.90 Å². The Morgan fingerprint density at radius 3 is 2.37 bits per heavy atom. The van der Waals surface area contributed by atoms with Crippen LogP contribution in [0.5, 0.6) is 11.5 Å². The number of urea groups is 1. The molecule has 164 valence electrons. The van der Waals surface area contributed by atoms with Gasteiger partial charge in [0, 0.05) is 25.3 Å². The molecule has 0 bridgehead atoms. The Hall–Kier alpha value is -2.74. The number of methoxy groups -OCH3 is 3. The lowest BCUT2D eigenvalue weighted by atomic mass is 9.91. The molecule has 2 aliphatic heterocycles. The molecule has 0 spiro atoms. The predicted octanol–water partition coefficient (Wildman–Crippen LogP) is 2.46. The number of hydrogen-bond acceptors (Lipinski definition) is 6. The highest BCUT2D eigenvalue weighted by molar-refractivity contribution is 5.95. The lowest BCUT2D eigenvalue weighted by Gasteiger charge is -2.37. The van der Waals surface area contributed by atoms with Gasteiger partial charge in [-0.2, -0.15) is 0 Å². The third-order valence-electron chi connectivity index (χ3n) is 5.63. The summed E-state index contributed by atoms with van der Waals surface area (Å²) in [6.45, 7) is 6.78. The summed E-state index contributed by atoms with van der Waals surface area (Å²) in [5, 5.41) is 5.69. The van der Waals surface area contributed by atoms with Crippen LogP contribution in [0.3, 0.4) is 0 Å².